The van der Waals surface area contributed by atoms with E-state index in [0.717, 1.165) is 6.08 Å². The van der Waals surface area contributed by atoms with E-state index in [1.807, 2.05) is 0 Å². The molecule has 0 aromatic carbocycles. The van der Waals surface area contributed by atoms with Gasteiger partial charge in [0.25, 0.3) is 0 Å². The summed E-state index contributed by atoms with van der Waals surface area (Å²) in [4.78, 5) is 10.1. The molecule has 0 aliphatic heterocycles. The second kappa shape index (κ2) is 5.08. The minimum Gasteiger partial charge on any atom is -0.438 e. The molecule has 0 saturated heterocycles. The van der Waals surface area contributed by atoms with Gasteiger partial charge in [-0.1, -0.05) is 0 Å². The van der Waals surface area contributed by atoms with Crippen LogP contribution in [-0.2, 0) is 9.47 Å². The number of hydrogen-bond acceptors (Lipinski definition) is 3. The minimum absolute atomic E-state index is 0.0941. The molecule has 4 heteroatoms. The van der Waals surface area contributed by atoms with Crippen LogP contribution < -0.4 is 0 Å². The zero-order valence-electron chi connectivity index (χ0n) is 4.96. The number of hydrogen-bond donors (Lipinski definition) is 0. The van der Waals surface area contributed by atoms with Crippen molar-refractivity contribution in [1.29, 1.82) is 0 Å². The third-order valence-electron chi connectivity index (χ3n) is 0.553. The number of carbonyl (C=O) groups excluding carboxylic acids is 1. The number of methoxy groups -OCH3 is 1. The fourth-order valence-corrected chi connectivity index (χ4v) is 0.211. The van der Waals surface area contributed by atoms with Crippen LogP contribution in [0.2, 0.25) is 0 Å². The molecule has 0 saturated carbocycles. The molecule has 0 bridgehead atoms. The lowest BCUT2D eigenvalue weighted by Gasteiger charge is -1.95. The largest absolute Gasteiger partial charge is 0.508 e. The molecule has 0 heterocycles. The molecule has 0 radical (unpaired) electrons. The molecule has 0 fully saturated rings. The summed E-state index contributed by atoms with van der Waals surface area (Å²) in [5.74, 6) is 0. The first-order valence-corrected chi connectivity index (χ1v) is 2.27. The number of ether oxygens (including phenoxy) is 2. The first kappa shape index (κ1) is 7.94. The summed E-state index contributed by atoms with van der Waals surface area (Å²) in [6.07, 6.45) is 0.535. The van der Waals surface area contributed by atoms with E-state index in [0.29, 0.717) is 6.33 Å². The van der Waals surface area contributed by atoms with E-state index in [4.69, 9.17) is 0 Å². The fourth-order valence-electron chi connectivity index (χ4n) is 0.211. The summed E-state index contributed by atoms with van der Waals surface area (Å²) in [7, 11) is 1.18. The Morgan fingerprint density at radius 1 is 1.78 bits per heavy atom. The highest BCUT2D eigenvalue weighted by atomic mass is 19.1. The molecule has 0 aromatic rings. The van der Waals surface area contributed by atoms with Crippen LogP contribution in [0, 0.1) is 0 Å². The van der Waals surface area contributed by atoms with Gasteiger partial charge in [-0.3, -0.25) is 0 Å². The summed E-state index contributed by atoms with van der Waals surface area (Å²) < 4.78 is 19.5. The van der Waals surface area contributed by atoms with Gasteiger partial charge in [0.05, 0.1) is 13.4 Å². The third-order valence-corrected chi connectivity index (χ3v) is 0.553. The molecule has 0 amide bonds. The Balaban J connectivity index is 3.17. The highest BCUT2D eigenvalue weighted by molar-refractivity contribution is 5.59. The van der Waals surface area contributed by atoms with Gasteiger partial charge < -0.3 is 9.47 Å². The molecule has 0 aromatic heterocycles. The predicted octanol–water partition coefficient (Wildman–Crippen LogP) is 1.25. The van der Waals surface area contributed by atoms with Crippen molar-refractivity contribution in [2.24, 2.45) is 0 Å². The Morgan fingerprint density at radius 3 is 2.89 bits per heavy atom. The second-order valence-corrected chi connectivity index (χ2v) is 1.13. The first-order chi connectivity index (χ1) is 4.31. The molecule has 0 rings (SSSR count). The maximum atomic E-state index is 11.1. The van der Waals surface area contributed by atoms with E-state index >= 15 is 0 Å². The summed E-state index contributed by atoms with van der Waals surface area (Å²) in [6, 6.07) is 0. The van der Waals surface area contributed by atoms with Gasteiger partial charge in [0, 0.05) is 0 Å². The maximum Gasteiger partial charge on any atom is 0.508 e. The van der Waals surface area contributed by atoms with Crippen LogP contribution in [0.3, 0.4) is 0 Å². The van der Waals surface area contributed by atoms with Crippen LogP contribution >= 0.6 is 0 Å². The summed E-state index contributed by atoms with van der Waals surface area (Å²) in [5.41, 5.74) is 0. The zero-order chi connectivity index (χ0) is 7.11. The van der Waals surface area contributed by atoms with E-state index in [2.05, 4.69) is 9.47 Å². The van der Waals surface area contributed by atoms with Gasteiger partial charge in [-0.2, -0.15) is 0 Å². The highest BCUT2D eigenvalue weighted by Gasteiger charge is 1.94. The number of carbonyl (C=O) groups is 1. The quantitative estimate of drug-likeness (QED) is 0.533. The van der Waals surface area contributed by atoms with Crippen LogP contribution in [0.1, 0.15) is 0 Å². The summed E-state index contributed by atoms with van der Waals surface area (Å²) in [5, 5.41) is 0. The van der Waals surface area contributed by atoms with E-state index in [1.54, 1.807) is 0 Å². The molecular formula is C5H7FO3. The van der Waals surface area contributed by atoms with Gasteiger partial charge in [0.2, 0.25) is 0 Å². The summed E-state index contributed by atoms with van der Waals surface area (Å²) in [6.45, 7) is -0.0941. The van der Waals surface area contributed by atoms with Gasteiger partial charge in [-0.25, -0.2) is 9.18 Å². The molecular weight excluding hydrogens is 127 g/mol. The van der Waals surface area contributed by atoms with E-state index in [9.17, 15) is 9.18 Å². The van der Waals surface area contributed by atoms with Crippen LogP contribution in [0.15, 0.2) is 12.4 Å². The van der Waals surface area contributed by atoms with E-state index in [-0.39, 0.29) is 6.61 Å². The standard InChI is InChI=1S/C5H7FO3/c1-8-5(7)9-4-2-3-6/h2-3H,4H2,1H3. The molecule has 0 atom stereocenters. The molecule has 52 valence electrons. The van der Waals surface area contributed by atoms with Crippen molar-refractivity contribution in [3.63, 3.8) is 0 Å². The van der Waals surface area contributed by atoms with Gasteiger partial charge in [-0.05, 0) is 6.08 Å². The van der Waals surface area contributed by atoms with Crippen molar-refractivity contribution >= 4 is 6.16 Å². The average molecular weight is 134 g/mol. The van der Waals surface area contributed by atoms with Gasteiger partial charge >= 0.3 is 6.16 Å². The van der Waals surface area contributed by atoms with Crippen LogP contribution in [0.5, 0.6) is 0 Å². The van der Waals surface area contributed by atoms with Crippen molar-refractivity contribution in [3.8, 4) is 0 Å². The van der Waals surface area contributed by atoms with Crippen LogP contribution in [0.4, 0.5) is 9.18 Å². The summed E-state index contributed by atoms with van der Waals surface area (Å²) >= 11 is 0. The maximum absolute atomic E-state index is 11.1. The fraction of sp³-hybridized carbons (Fsp3) is 0.400. The molecule has 0 N–H and O–H groups in total. The van der Waals surface area contributed by atoms with Crippen molar-refractivity contribution in [1.82, 2.24) is 0 Å². The lowest BCUT2D eigenvalue weighted by molar-refractivity contribution is 0.0816. The highest BCUT2D eigenvalue weighted by Crippen LogP contribution is 1.82. The molecule has 0 spiro atoms. The number of rotatable bonds is 2. The molecule has 0 unspecified atom stereocenters. The Labute approximate surface area is 52.1 Å². The Kier molecular flexibility index (Phi) is 4.49. The Hall–Kier alpha value is -1.06. The predicted molar refractivity (Wildman–Crippen MR) is 28.6 cm³/mol. The molecule has 0 aliphatic carbocycles. The van der Waals surface area contributed by atoms with Crippen molar-refractivity contribution in [3.05, 3.63) is 12.4 Å². The Bertz CT molecular complexity index is 111. The number of halogens is 1. The zero-order valence-corrected chi connectivity index (χ0v) is 4.96. The van der Waals surface area contributed by atoms with Crippen LogP contribution in [-0.4, -0.2) is 19.9 Å². The molecule has 9 heavy (non-hydrogen) atoms. The van der Waals surface area contributed by atoms with E-state index < -0.39 is 6.16 Å². The Morgan fingerprint density at radius 2 is 2.44 bits per heavy atom. The van der Waals surface area contributed by atoms with Gasteiger partial charge in [0.15, 0.2) is 0 Å². The van der Waals surface area contributed by atoms with Crippen LogP contribution in [0.25, 0.3) is 0 Å². The lowest BCUT2D eigenvalue weighted by Crippen LogP contribution is -2.03. The monoisotopic (exact) mass is 134 g/mol. The lowest BCUT2D eigenvalue weighted by atomic mass is 10.7. The van der Waals surface area contributed by atoms with Gasteiger partial charge in [0.1, 0.15) is 6.61 Å². The SMILES string of the molecule is COC(=O)OCC=CF. The topological polar surface area (TPSA) is 35.5 Å². The molecule has 3 nitrogen and oxygen atoms in total. The smallest absolute Gasteiger partial charge is 0.438 e. The van der Waals surface area contributed by atoms with Crippen molar-refractivity contribution < 1.29 is 18.7 Å². The van der Waals surface area contributed by atoms with Crippen molar-refractivity contribution in [2.45, 2.75) is 0 Å². The molecule has 0 aliphatic rings. The van der Waals surface area contributed by atoms with Crippen molar-refractivity contribution in [2.75, 3.05) is 13.7 Å². The van der Waals surface area contributed by atoms with Gasteiger partial charge in [-0.15, -0.1) is 0 Å². The normalized spacial score (nSPS) is 9.56. The second-order valence-electron chi connectivity index (χ2n) is 1.13. The minimum atomic E-state index is -0.812. The van der Waals surface area contributed by atoms with E-state index in [1.165, 1.54) is 7.11 Å². The third kappa shape index (κ3) is 4.80. The average Bonchev–Trinajstić information content (AvgIpc) is 1.89. The first-order valence-electron chi connectivity index (χ1n) is 2.27.